The average Bonchev–Trinajstić information content (AvgIpc) is 2.41. The molecule has 19 heavy (non-hydrogen) atoms. The zero-order valence-corrected chi connectivity index (χ0v) is 11.8. The van der Waals surface area contributed by atoms with Crippen molar-refractivity contribution in [1.29, 1.82) is 0 Å². The Morgan fingerprint density at radius 1 is 1.11 bits per heavy atom. The maximum absolute atomic E-state index is 11.6. The number of halogens is 1. The number of carbonyl (C=O) groups excluding carboxylic acids is 1. The van der Waals surface area contributed by atoms with E-state index in [1.165, 1.54) is 0 Å². The Bertz CT molecular complexity index is 595. The Hall–Kier alpha value is -1.80. The van der Waals surface area contributed by atoms with E-state index in [-0.39, 0.29) is 5.78 Å². The number of carbonyl (C=O) groups is 1. The van der Waals surface area contributed by atoms with Gasteiger partial charge in [0.1, 0.15) is 0 Å². The molecular weight excluding hydrogens is 258 g/mol. The first kappa shape index (κ1) is 13.6. The zero-order valence-electron chi connectivity index (χ0n) is 11.1. The summed E-state index contributed by atoms with van der Waals surface area (Å²) in [7, 11) is 1.96. The molecule has 0 aliphatic heterocycles. The van der Waals surface area contributed by atoms with Crippen LogP contribution in [0.25, 0.3) is 0 Å². The molecule has 98 valence electrons. The molecule has 2 aromatic rings. The second-order valence-corrected chi connectivity index (χ2v) is 4.93. The average molecular weight is 274 g/mol. The molecule has 0 aliphatic carbocycles. The molecule has 0 saturated carbocycles. The van der Waals surface area contributed by atoms with E-state index in [2.05, 4.69) is 0 Å². The van der Waals surface area contributed by atoms with Crippen molar-refractivity contribution in [2.75, 3.05) is 11.9 Å². The standard InChI is InChI=1S/C16H16ClNO/c1-12(19)14-8-4-6-10-16(14)18(2)11-13-7-3-5-9-15(13)17/h3-10H,11H2,1-2H3. The van der Waals surface area contributed by atoms with Gasteiger partial charge < -0.3 is 4.90 Å². The number of hydrogen-bond donors (Lipinski definition) is 0. The molecule has 0 aromatic heterocycles. The minimum absolute atomic E-state index is 0.0709. The molecule has 0 amide bonds. The maximum atomic E-state index is 11.6. The van der Waals surface area contributed by atoms with Crippen LogP contribution in [-0.2, 0) is 6.54 Å². The van der Waals surface area contributed by atoms with Crippen LogP contribution in [0.1, 0.15) is 22.8 Å². The molecule has 0 heterocycles. The molecular formula is C16H16ClNO. The van der Waals surface area contributed by atoms with Crippen molar-refractivity contribution in [3.05, 3.63) is 64.7 Å². The molecule has 2 nitrogen and oxygen atoms in total. The van der Waals surface area contributed by atoms with Gasteiger partial charge in [0.05, 0.1) is 0 Å². The van der Waals surface area contributed by atoms with E-state index in [0.29, 0.717) is 6.54 Å². The predicted octanol–water partition coefficient (Wildman–Crippen LogP) is 4.18. The summed E-state index contributed by atoms with van der Waals surface area (Å²) >= 11 is 6.16. The second kappa shape index (κ2) is 5.89. The Balaban J connectivity index is 2.28. The monoisotopic (exact) mass is 273 g/mol. The fourth-order valence-corrected chi connectivity index (χ4v) is 2.27. The van der Waals surface area contributed by atoms with E-state index in [9.17, 15) is 4.79 Å². The number of rotatable bonds is 4. The Kier molecular flexibility index (Phi) is 4.23. The topological polar surface area (TPSA) is 20.3 Å². The number of anilines is 1. The van der Waals surface area contributed by atoms with Crippen LogP contribution < -0.4 is 4.90 Å². The smallest absolute Gasteiger partial charge is 0.161 e. The van der Waals surface area contributed by atoms with Crippen LogP contribution in [0.3, 0.4) is 0 Å². The van der Waals surface area contributed by atoms with Gasteiger partial charge in [-0.05, 0) is 30.7 Å². The van der Waals surface area contributed by atoms with Crippen LogP contribution in [0.15, 0.2) is 48.5 Å². The molecule has 0 aliphatic rings. The lowest BCUT2D eigenvalue weighted by Crippen LogP contribution is -2.19. The van der Waals surface area contributed by atoms with Gasteiger partial charge in [0.2, 0.25) is 0 Å². The van der Waals surface area contributed by atoms with Gasteiger partial charge in [0, 0.05) is 29.9 Å². The number of ketones is 1. The lowest BCUT2D eigenvalue weighted by atomic mass is 10.1. The Morgan fingerprint density at radius 3 is 2.42 bits per heavy atom. The van der Waals surface area contributed by atoms with Crippen LogP contribution >= 0.6 is 11.6 Å². The molecule has 3 heteroatoms. The highest BCUT2D eigenvalue weighted by molar-refractivity contribution is 6.31. The fraction of sp³-hybridized carbons (Fsp3) is 0.188. The van der Waals surface area contributed by atoms with Crippen LogP contribution in [0.5, 0.6) is 0 Å². The van der Waals surface area contributed by atoms with Crippen LogP contribution in [-0.4, -0.2) is 12.8 Å². The van der Waals surface area contributed by atoms with E-state index in [0.717, 1.165) is 21.8 Å². The van der Waals surface area contributed by atoms with Gasteiger partial charge in [0.15, 0.2) is 5.78 Å². The number of Topliss-reactive ketones (excluding diaryl/α,β-unsaturated/α-hetero) is 1. The highest BCUT2D eigenvalue weighted by atomic mass is 35.5. The largest absolute Gasteiger partial charge is 0.370 e. The van der Waals surface area contributed by atoms with Gasteiger partial charge in [-0.2, -0.15) is 0 Å². The van der Waals surface area contributed by atoms with Crippen LogP contribution in [0.2, 0.25) is 5.02 Å². The first-order valence-corrected chi connectivity index (χ1v) is 6.52. The van der Waals surface area contributed by atoms with E-state index >= 15 is 0 Å². The molecule has 0 bridgehead atoms. The molecule has 2 aromatic carbocycles. The highest BCUT2D eigenvalue weighted by Crippen LogP contribution is 2.23. The number of hydrogen-bond acceptors (Lipinski definition) is 2. The van der Waals surface area contributed by atoms with Gasteiger partial charge in [0.25, 0.3) is 0 Å². The van der Waals surface area contributed by atoms with Crippen LogP contribution in [0.4, 0.5) is 5.69 Å². The fourth-order valence-electron chi connectivity index (χ4n) is 2.07. The number of nitrogens with zero attached hydrogens (tertiary/aromatic N) is 1. The van der Waals surface area contributed by atoms with Gasteiger partial charge in [-0.3, -0.25) is 4.79 Å². The summed E-state index contributed by atoms with van der Waals surface area (Å²) in [6, 6.07) is 15.4. The molecule has 0 fully saturated rings. The van der Waals surface area contributed by atoms with Gasteiger partial charge in [-0.1, -0.05) is 41.9 Å². The lowest BCUT2D eigenvalue weighted by Gasteiger charge is -2.22. The molecule has 0 unspecified atom stereocenters. The molecule has 0 spiro atoms. The normalized spacial score (nSPS) is 10.3. The maximum Gasteiger partial charge on any atom is 0.161 e. The quantitative estimate of drug-likeness (QED) is 0.779. The predicted molar refractivity (Wildman–Crippen MR) is 80.0 cm³/mol. The first-order chi connectivity index (χ1) is 9.09. The summed E-state index contributed by atoms with van der Waals surface area (Å²) < 4.78 is 0. The van der Waals surface area contributed by atoms with E-state index in [1.807, 2.05) is 60.5 Å². The van der Waals surface area contributed by atoms with E-state index in [4.69, 9.17) is 11.6 Å². The molecule has 2 rings (SSSR count). The SMILES string of the molecule is CC(=O)c1ccccc1N(C)Cc1ccccc1Cl. The molecule has 0 radical (unpaired) electrons. The van der Waals surface area contributed by atoms with Crippen molar-refractivity contribution in [3.8, 4) is 0 Å². The lowest BCUT2D eigenvalue weighted by molar-refractivity contribution is 0.101. The minimum atomic E-state index is 0.0709. The Labute approximate surface area is 118 Å². The van der Waals surface area contributed by atoms with Crippen molar-refractivity contribution < 1.29 is 4.79 Å². The van der Waals surface area contributed by atoms with E-state index < -0.39 is 0 Å². The third kappa shape index (κ3) is 3.15. The summed E-state index contributed by atoms with van der Waals surface area (Å²) in [6.45, 7) is 2.26. The van der Waals surface area contributed by atoms with Crippen molar-refractivity contribution in [2.24, 2.45) is 0 Å². The van der Waals surface area contributed by atoms with Crippen molar-refractivity contribution in [2.45, 2.75) is 13.5 Å². The van der Waals surface area contributed by atoms with Gasteiger partial charge in [-0.15, -0.1) is 0 Å². The Morgan fingerprint density at radius 2 is 1.74 bits per heavy atom. The van der Waals surface area contributed by atoms with Gasteiger partial charge >= 0.3 is 0 Å². The third-order valence-electron chi connectivity index (χ3n) is 3.06. The second-order valence-electron chi connectivity index (χ2n) is 4.52. The van der Waals surface area contributed by atoms with Crippen LogP contribution in [0, 0.1) is 0 Å². The summed E-state index contributed by atoms with van der Waals surface area (Å²) in [5.41, 5.74) is 2.71. The van der Waals surface area contributed by atoms with Crippen molar-refractivity contribution >= 4 is 23.1 Å². The summed E-state index contributed by atoms with van der Waals surface area (Å²) in [4.78, 5) is 13.7. The minimum Gasteiger partial charge on any atom is -0.370 e. The molecule has 0 saturated heterocycles. The molecule has 0 atom stereocenters. The number of benzene rings is 2. The summed E-state index contributed by atoms with van der Waals surface area (Å²) in [5, 5.41) is 0.745. The third-order valence-corrected chi connectivity index (χ3v) is 3.43. The highest BCUT2D eigenvalue weighted by Gasteiger charge is 2.11. The van der Waals surface area contributed by atoms with Gasteiger partial charge in [-0.25, -0.2) is 0 Å². The number of para-hydroxylation sites is 1. The van der Waals surface area contributed by atoms with Crippen molar-refractivity contribution in [3.63, 3.8) is 0 Å². The van der Waals surface area contributed by atoms with E-state index in [1.54, 1.807) is 6.92 Å². The zero-order chi connectivity index (χ0) is 13.8. The molecule has 0 N–H and O–H groups in total. The van der Waals surface area contributed by atoms with Crippen molar-refractivity contribution in [1.82, 2.24) is 0 Å². The first-order valence-electron chi connectivity index (χ1n) is 6.14. The summed E-state index contributed by atoms with van der Waals surface area (Å²) in [5.74, 6) is 0.0709. The summed E-state index contributed by atoms with van der Waals surface area (Å²) in [6.07, 6.45) is 0.